The van der Waals surface area contributed by atoms with Gasteiger partial charge in [-0.1, -0.05) is 54.1 Å². The van der Waals surface area contributed by atoms with E-state index in [-0.39, 0.29) is 5.91 Å². The molecule has 0 saturated carbocycles. The first-order valence-electron chi connectivity index (χ1n) is 10.5. The molecule has 0 radical (unpaired) electrons. The summed E-state index contributed by atoms with van der Waals surface area (Å²) in [4.78, 5) is 18.6. The van der Waals surface area contributed by atoms with Crippen molar-refractivity contribution < 1.29 is 4.79 Å². The first-order chi connectivity index (χ1) is 15.6. The number of fused-ring (bicyclic) bond motifs is 1. The Bertz CT molecular complexity index is 1190. The molecule has 32 heavy (non-hydrogen) atoms. The lowest BCUT2D eigenvalue weighted by atomic mass is 10.2. The fraction of sp³-hybridized carbons (Fsp3) is 0.160. The van der Waals surface area contributed by atoms with Gasteiger partial charge in [0.15, 0.2) is 5.11 Å². The van der Waals surface area contributed by atoms with Crippen LogP contribution in [-0.2, 0) is 4.79 Å². The summed E-state index contributed by atoms with van der Waals surface area (Å²) in [5.74, 6) is -0.0855. The lowest BCUT2D eigenvalue weighted by Gasteiger charge is -2.14. The number of carbonyl (C=O) groups is 1. The minimum atomic E-state index is -0.0855. The lowest BCUT2D eigenvalue weighted by molar-refractivity contribution is -0.122. The molecule has 0 spiro atoms. The molecule has 0 atom stereocenters. The molecular weight excluding hydrogens is 440 g/mol. The zero-order valence-electron chi connectivity index (χ0n) is 17.4. The number of benzene rings is 2. The Morgan fingerprint density at radius 2 is 1.97 bits per heavy atom. The molecule has 0 bridgehead atoms. The quantitative estimate of drug-likeness (QED) is 0.267. The molecule has 1 aliphatic rings. The van der Waals surface area contributed by atoms with Crippen LogP contribution in [0.1, 0.15) is 18.4 Å². The number of amides is 1. The first kappa shape index (κ1) is 22.0. The number of unbranched alkanes of at least 4 members (excludes halogenated alkanes) is 1. The molecule has 3 aromatic rings. The number of anilines is 1. The van der Waals surface area contributed by atoms with Crippen LogP contribution < -0.4 is 10.6 Å². The number of thiocarbonyl (C=S) groups is 1. The van der Waals surface area contributed by atoms with Gasteiger partial charge in [0.25, 0.3) is 5.91 Å². The zero-order chi connectivity index (χ0) is 22.3. The third-order valence-electron chi connectivity index (χ3n) is 5.14. The Labute approximate surface area is 197 Å². The molecule has 2 aromatic carbocycles. The van der Waals surface area contributed by atoms with Crippen LogP contribution >= 0.6 is 23.8 Å². The SMILES string of the molecule is O=C1/C(=C/C=C/c2ccccc2)NC(=S)N1CCCCNc1ccnc2cc(Cl)ccc12. The van der Waals surface area contributed by atoms with Crippen molar-refractivity contribution in [1.82, 2.24) is 15.2 Å². The first-order valence-corrected chi connectivity index (χ1v) is 11.2. The molecule has 1 amide bonds. The van der Waals surface area contributed by atoms with E-state index in [1.54, 1.807) is 17.2 Å². The van der Waals surface area contributed by atoms with Crippen LogP contribution in [0.2, 0.25) is 5.02 Å². The standard InChI is InChI=1S/C25H23ClN4OS/c26-19-11-12-20-21(13-15-28-23(20)17-19)27-14-4-5-16-30-24(31)22(29-25(30)32)10-6-9-18-7-2-1-3-8-18/h1-3,6-13,15,17H,4-5,14,16H2,(H,27,28)(H,29,32)/b9-6+,22-10-. The molecule has 2 heterocycles. The molecule has 7 heteroatoms. The van der Waals surface area contributed by atoms with Crippen LogP contribution in [0.3, 0.4) is 0 Å². The van der Waals surface area contributed by atoms with E-state index in [0.29, 0.717) is 22.4 Å². The molecule has 162 valence electrons. The fourth-order valence-electron chi connectivity index (χ4n) is 3.50. The van der Waals surface area contributed by atoms with Crippen molar-refractivity contribution in [3.63, 3.8) is 0 Å². The van der Waals surface area contributed by atoms with E-state index in [1.807, 2.05) is 66.7 Å². The van der Waals surface area contributed by atoms with E-state index >= 15 is 0 Å². The third-order valence-corrected chi connectivity index (χ3v) is 5.70. The third kappa shape index (κ3) is 5.33. The largest absolute Gasteiger partial charge is 0.384 e. The molecule has 0 aliphatic carbocycles. The minimum Gasteiger partial charge on any atom is -0.384 e. The number of pyridine rings is 1. The van der Waals surface area contributed by atoms with Gasteiger partial charge in [0, 0.05) is 35.4 Å². The second-order valence-electron chi connectivity index (χ2n) is 7.39. The van der Waals surface area contributed by atoms with Crippen molar-refractivity contribution in [3.8, 4) is 0 Å². The Morgan fingerprint density at radius 1 is 1.12 bits per heavy atom. The summed E-state index contributed by atoms with van der Waals surface area (Å²) in [6.45, 7) is 1.37. The Kier molecular flexibility index (Phi) is 7.14. The van der Waals surface area contributed by atoms with Crippen LogP contribution in [0, 0.1) is 0 Å². The zero-order valence-corrected chi connectivity index (χ0v) is 19.0. The number of nitrogens with zero attached hydrogens (tertiary/aromatic N) is 2. The fourth-order valence-corrected chi connectivity index (χ4v) is 3.95. The Morgan fingerprint density at radius 3 is 2.81 bits per heavy atom. The van der Waals surface area contributed by atoms with Crippen molar-refractivity contribution in [2.75, 3.05) is 18.4 Å². The monoisotopic (exact) mass is 462 g/mol. The van der Waals surface area contributed by atoms with E-state index < -0.39 is 0 Å². The number of allylic oxidation sites excluding steroid dienone is 2. The number of hydrogen-bond donors (Lipinski definition) is 2. The second kappa shape index (κ2) is 10.4. The molecule has 4 rings (SSSR count). The van der Waals surface area contributed by atoms with Crippen molar-refractivity contribution in [1.29, 1.82) is 0 Å². The van der Waals surface area contributed by atoms with Gasteiger partial charge in [-0.15, -0.1) is 0 Å². The van der Waals surface area contributed by atoms with E-state index in [4.69, 9.17) is 23.8 Å². The predicted octanol–water partition coefficient (Wildman–Crippen LogP) is 5.39. The highest BCUT2D eigenvalue weighted by atomic mass is 35.5. The van der Waals surface area contributed by atoms with E-state index in [1.165, 1.54) is 0 Å². The second-order valence-corrected chi connectivity index (χ2v) is 8.21. The molecule has 5 nitrogen and oxygen atoms in total. The van der Waals surface area contributed by atoms with Gasteiger partial charge in [-0.3, -0.25) is 14.7 Å². The summed E-state index contributed by atoms with van der Waals surface area (Å²) < 4.78 is 0. The summed E-state index contributed by atoms with van der Waals surface area (Å²) in [5, 5.41) is 8.63. The summed E-state index contributed by atoms with van der Waals surface area (Å²) in [5.41, 5.74) is 3.47. The number of aromatic nitrogens is 1. The normalized spacial score (nSPS) is 15.2. The predicted molar refractivity (Wildman–Crippen MR) is 135 cm³/mol. The number of halogens is 1. The number of carbonyl (C=O) groups excluding carboxylic acids is 1. The molecule has 1 aliphatic heterocycles. The van der Waals surface area contributed by atoms with Crippen LogP contribution in [0.5, 0.6) is 0 Å². The number of hydrogen-bond acceptors (Lipinski definition) is 4. The highest BCUT2D eigenvalue weighted by Gasteiger charge is 2.29. The van der Waals surface area contributed by atoms with Crippen LogP contribution in [0.15, 0.2) is 78.6 Å². The highest BCUT2D eigenvalue weighted by Crippen LogP contribution is 2.24. The average molecular weight is 463 g/mol. The van der Waals surface area contributed by atoms with E-state index in [2.05, 4.69) is 15.6 Å². The maximum absolute atomic E-state index is 12.7. The van der Waals surface area contributed by atoms with E-state index in [9.17, 15) is 4.79 Å². The number of nitrogens with one attached hydrogen (secondary N) is 2. The highest BCUT2D eigenvalue weighted by molar-refractivity contribution is 7.80. The van der Waals surface area contributed by atoms with Gasteiger partial charge in [0.2, 0.25) is 0 Å². The summed E-state index contributed by atoms with van der Waals surface area (Å²) in [6.07, 6.45) is 9.09. The molecule has 1 aromatic heterocycles. The summed E-state index contributed by atoms with van der Waals surface area (Å²) in [7, 11) is 0. The maximum Gasteiger partial charge on any atom is 0.276 e. The van der Waals surface area contributed by atoms with Gasteiger partial charge in [0.05, 0.1) is 5.52 Å². The van der Waals surface area contributed by atoms with Crippen LogP contribution in [0.4, 0.5) is 5.69 Å². The van der Waals surface area contributed by atoms with Crippen LogP contribution in [0.25, 0.3) is 17.0 Å². The van der Waals surface area contributed by atoms with Gasteiger partial charge >= 0.3 is 0 Å². The van der Waals surface area contributed by atoms with Gasteiger partial charge in [-0.25, -0.2) is 0 Å². The molecular formula is C25H23ClN4OS. The minimum absolute atomic E-state index is 0.0855. The lowest BCUT2D eigenvalue weighted by Crippen LogP contribution is -2.31. The average Bonchev–Trinajstić information content (AvgIpc) is 3.07. The number of rotatable bonds is 8. The molecule has 2 N–H and O–H groups in total. The van der Waals surface area contributed by atoms with Gasteiger partial charge < -0.3 is 10.6 Å². The Balaban J connectivity index is 1.26. The Hall–Kier alpha value is -3.22. The van der Waals surface area contributed by atoms with Gasteiger partial charge in [0.1, 0.15) is 5.70 Å². The van der Waals surface area contributed by atoms with Crippen molar-refractivity contribution >= 4 is 57.5 Å². The van der Waals surface area contributed by atoms with Crippen molar-refractivity contribution in [3.05, 3.63) is 89.2 Å². The van der Waals surface area contributed by atoms with Crippen molar-refractivity contribution in [2.45, 2.75) is 12.8 Å². The topological polar surface area (TPSA) is 57.3 Å². The summed E-state index contributed by atoms with van der Waals surface area (Å²) >= 11 is 11.4. The van der Waals surface area contributed by atoms with E-state index in [0.717, 1.165) is 41.5 Å². The van der Waals surface area contributed by atoms with Gasteiger partial charge in [-0.05, 0) is 61.0 Å². The molecule has 1 saturated heterocycles. The van der Waals surface area contributed by atoms with Crippen LogP contribution in [-0.4, -0.2) is 34.0 Å². The molecule has 0 unspecified atom stereocenters. The smallest absolute Gasteiger partial charge is 0.276 e. The molecule has 1 fully saturated rings. The van der Waals surface area contributed by atoms with Crippen molar-refractivity contribution in [2.24, 2.45) is 0 Å². The van der Waals surface area contributed by atoms with Gasteiger partial charge in [-0.2, -0.15) is 0 Å². The summed E-state index contributed by atoms with van der Waals surface area (Å²) in [6, 6.07) is 17.6. The maximum atomic E-state index is 12.7.